The lowest BCUT2D eigenvalue weighted by Gasteiger charge is -2.41. The van der Waals surface area contributed by atoms with E-state index in [0.717, 1.165) is 24.6 Å². The Morgan fingerprint density at radius 1 is 1.41 bits per heavy atom. The van der Waals surface area contributed by atoms with Gasteiger partial charge in [-0.05, 0) is 25.8 Å². The molecule has 1 saturated heterocycles. The summed E-state index contributed by atoms with van der Waals surface area (Å²) >= 11 is 0. The van der Waals surface area contributed by atoms with Gasteiger partial charge in [0.15, 0.2) is 5.82 Å². The van der Waals surface area contributed by atoms with E-state index in [2.05, 4.69) is 5.16 Å². The molecule has 2 heterocycles. The molecule has 1 aromatic heterocycles. The largest absolute Gasteiger partial charge is 0.477 e. The maximum atomic E-state index is 15.9. The lowest BCUT2D eigenvalue weighted by molar-refractivity contribution is 0.0694. The smallest absolute Gasteiger partial charge is 0.341 e. The zero-order valence-corrected chi connectivity index (χ0v) is 18.0. The fraction of sp³-hybridized carbons (Fsp3) is 0.500. The van der Waals surface area contributed by atoms with E-state index in [1.165, 1.54) is 10.8 Å². The molecular weight excluding hydrogens is 422 g/mol. The van der Waals surface area contributed by atoms with Crippen LogP contribution in [0.3, 0.4) is 0 Å². The normalized spacial score (nSPS) is 22.5. The highest BCUT2D eigenvalue weighted by molar-refractivity contribution is 5.95. The summed E-state index contributed by atoms with van der Waals surface area (Å²) in [5.41, 5.74) is 4.37. The maximum absolute atomic E-state index is 15.9. The third kappa shape index (κ3) is 3.62. The zero-order chi connectivity index (χ0) is 23.2. The molecule has 2 aliphatic rings. The van der Waals surface area contributed by atoms with E-state index in [4.69, 9.17) is 10.6 Å². The Kier molecular flexibility index (Phi) is 5.66. The summed E-state index contributed by atoms with van der Waals surface area (Å²) in [7, 11) is 0. The van der Waals surface area contributed by atoms with Gasteiger partial charge in [-0.3, -0.25) is 4.79 Å². The number of rotatable bonds is 6. The van der Waals surface area contributed by atoms with Crippen molar-refractivity contribution in [1.82, 2.24) is 4.57 Å². The minimum Gasteiger partial charge on any atom is -0.477 e. The molecule has 0 amide bonds. The topological polar surface area (TPSA) is 110 Å². The quantitative estimate of drug-likeness (QED) is 0.658. The van der Waals surface area contributed by atoms with Crippen molar-refractivity contribution in [3.8, 4) is 0 Å². The molecule has 0 spiro atoms. The van der Waals surface area contributed by atoms with Crippen molar-refractivity contribution in [1.29, 1.82) is 0 Å². The molecule has 8 nitrogen and oxygen atoms in total. The number of aromatic carboxylic acids is 1. The number of fused-ring (bicyclic) bond motifs is 1. The summed E-state index contributed by atoms with van der Waals surface area (Å²) < 4.78 is 32.5. The number of aromatic nitrogens is 1. The summed E-state index contributed by atoms with van der Waals surface area (Å²) in [6.07, 6.45) is 3.05. The van der Waals surface area contributed by atoms with Crippen LogP contribution in [-0.2, 0) is 4.84 Å². The van der Waals surface area contributed by atoms with Gasteiger partial charge in [-0.15, -0.1) is 0 Å². The van der Waals surface area contributed by atoms with Gasteiger partial charge >= 0.3 is 5.97 Å². The predicted molar refractivity (Wildman–Crippen MR) is 116 cm³/mol. The first-order chi connectivity index (χ1) is 15.2. The van der Waals surface area contributed by atoms with Crippen LogP contribution in [0.4, 0.5) is 14.5 Å². The first kappa shape index (κ1) is 22.2. The average Bonchev–Trinajstić information content (AvgIpc) is 3.59. The van der Waals surface area contributed by atoms with E-state index in [-0.39, 0.29) is 35.7 Å². The number of anilines is 1. The molecule has 2 fully saturated rings. The van der Waals surface area contributed by atoms with E-state index in [1.807, 2.05) is 13.8 Å². The second-order valence-corrected chi connectivity index (χ2v) is 8.62. The number of hydrogen-bond donors (Lipinski definition) is 2. The number of nitrogens with zero attached hydrogens (tertiary/aromatic N) is 3. The van der Waals surface area contributed by atoms with Crippen LogP contribution in [0, 0.1) is 17.0 Å². The number of halogens is 2. The molecule has 0 radical (unpaired) electrons. The first-order valence-corrected chi connectivity index (χ1v) is 10.7. The highest BCUT2D eigenvalue weighted by Crippen LogP contribution is 2.40. The number of benzene rings is 1. The number of carboxylic acids is 1. The lowest BCUT2D eigenvalue weighted by Crippen LogP contribution is -2.52. The summed E-state index contributed by atoms with van der Waals surface area (Å²) in [6.45, 7) is 4.80. The zero-order valence-electron chi connectivity index (χ0n) is 18.0. The number of piperidine rings is 1. The van der Waals surface area contributed by atoms with Crippen molar-refractivity contribution >= 4 is 28.3 Å². The molecule has 1 atom stereocenters. The molecule has 172 valence electrons. The fourth-order valence-corrected chi connectivity index (χ4v) is 4.32. The van der Waals surface area contributed by atoms with Crippen molar-refractivity contribution in [3.63, 3.8) is 0 Å². The standard InChI is InChI=1S/C22H26F2N4O4/c1-3-32-26-16-6-7-27(11-22(16,2)10-25)19-15(23)8-13-18(17(19)24)28(12-4-5-12)9-14(20(13)29)21(30)31/h8-9,12H,3-7,10-11,25H2,1-2H3,(H,30,31)/b26-16-. The maximum Gasteiger partial charge on any atom is 0.341 e. The second-order valence-electron chi connectivity index (χ2n) is 8.62. The molecule has 4 rings (SSSR count). The third-order valence-corrected chi connectivity index (χ3v) is 6.28. The molecule has 1 aliphatic heterocycles. The number of oxime groups is 1. The van der Waals surface area contributed by atoms with Crippen LogP contribution >= 0.6 is 0 Å². The molecule has 3 N–H and O–H groups in total. The Morgan fingerprint density at radius 3 is 2.72 bits per heavy atom. The minimum atomic E-state index is -1.42. The Labute approximate surface area is 183 Å². The number of carboxylic acid groups (broad SMARTS) is 1. The number of hydrogen-bond acceptors (Lipinski definition) is 6. The summed E-state index contributed by atoms with van der Waals surface area (Å²) in [6, 6.07) is 0.829. The van der Waals surface area contributed by atoms with Crippen LogP contribution in [-0.4, -0.2) is 47.6 Å². The van der Waals surface area contributed by atoms with Crippen molar-refractivity contribution in [2.45, 2.75) is 39.2 Å². The Hall–Kier alpha value is -3.01. The van der Waals surface area contributed by atoms with Gasteiger partial charge in [-0.2, -0.15) is 0 Å². The van der Waals surface area contributed by atoms with Crippen LogP contribution in [0.1, 0.15) is 49.5 Å². The van der Waals surface area contributed by atoms with Gasteiger partial charge in [-0.25, -0.2) is 13.6 Å². The molecule has 2 aromatic rings. The molecule has 32 heavy (non-hydrogen) atoms. The van der Waals surface area contributed by atoms with Gasteiger partial charge in [0.2, 0.25) is 5.43 Å². The van der Waals surface area contributed by atoms with Gasteiger partial charge in [0.25, 0.3) is 0 Å². The molecule has 1 unspecified atom stereocenters. The highest BCUT2D eigenvalue weighted by Gasteiger charge is 2.39. The third-order valence-electron chi connectivity index (χ3n) is 6.28. The van der Waals surface area contributed by atoms with Crippen LogP contribution in [0.25, 0.3) is 10.9 Å². The average molecular weight is 448 g/mol. The van der Waals surface area contributed by atoms with Gasteiger partial charge in [0, 0.05) is 43.7 Å². The lowest BCUT2D eigenvalue weighted by atomic mass is 9.79. The van der Waals surface area contributed by atoms with E-state index >= 15 is 8.78 Å². The van der Waals surface area contributed by atoms with Gasteiger partial charge in [0.05, 0.1) is 16.6 Å². The van der Waals surface area contributed by atoms with E-state index in [0.29, 0.717) is 19.6 Å². The van der Waals surface area contributed by atoms with Crippen LogP contribution in [0.2, 0.25) is 0 Å². The van der Waals surface area contributed by atoms with E-state index in [9.17, 15) is 14.7 Å². The van der Waals surface area contributed by atoms with Crippen molar-refractivity contribution in [2.24, 2.45) is 16.3 Å². The number of carbonyl (C=O) groups is 1. The van der Waals surface area contributed by atoms with E-state index in [1.54, 1.807) is 4.90 Å². The summed E-state index contributed by atoms with van der Waals surface area (Å²) in [5.74, 6) is -3.21. The van der Waals surface area contributed by atoms with Gasteiger partial charge in [0.1, 0.15) is 23.7 Å². The Morgan fingerprint density at radius 2 is 2.12 bits per heavy atom. The van der Waals surface area contributed by atoms with Gasteiger partial charge in [-0.1, -0.05) is 12.1 Å². The van der Waals surface area contributed by atoms with Gasteiger partial charge < -0.3 is 25.1 Å². The predicted octanol–water partition coefficient (Wildman–Crippen LogP) is 2.88. The van der Waals surface area contributed by atoms with Crippen molar-refractivity contribution in [3.05, 3.63) is 39.7 Å². The van der Waals surface area contributed by atoms with Crippen LogP contribution in [0.5, 0.6) is 0 Å². The molecular formula is C22H26F2N4O4. The molecule has 1 saturated carbocycles. The minimum absolute atomic E-state index is 0.0675. The number of nitrogens with two attached hydrogens (primary N) is 1. The van der Waals surface area contributed by atoms with E-state index < -0.39 is 34.0 Å². The molecule has 10 heteroatoms. The van der Waals surface area contributed by atoms with Crippen LogP contribution < -0.4 is 16.1 Å². The molecule has 1 aliphatic carbocycles. The Balaban J connectivity index is 1.86. The first-order valence-electron chi connectivity index (χ1n) is 10.7. The second kappa shape index (κ2) is 8.16. The van der Waals surface area contributed by atoms with Crippen LogP contribution in [0.15, 0.2) is 22.2 Å². The van der Waals surface area contributed by atoms with Crippen molar-refractivity contribution in [2.75, 3.05) is 31.1 Å². The molecule has 1 aromatic carbocycles. The summed E-state index contributed by atoms with van der Waals surface area (Å²) in [4.78, 5) is 30.9. The Bertz CT molecular complexity index is 1170. The highest BCUT2D eigenvalue weighted by atomic mass is 19.1. The van der Waals surface area contributed by atoms with Crippen molar-refractivity contribution < 1.29 is 23.5 Å². The summed E-state index contributed by atoms with van der Waals surface area (Å²) in [5, 5.41) is 13.3. The number of pyridine rings is 1. The fourth-order valence-electron chi connectivity index (χ4n) is 4.32. The molecule has 0 bridgehead atoms. The monoisotopic (exact) mass is 448 g/mol. The SMILES string of the molecule is CCO/N=C1/CCN(c2c(F)cc3c(=O)c(C(=O)O)cn(C4CC4)c3c2F)CC1(C)CN.